The Kier molecular flexibility index (Phi) is 3.21. The maximum absolute atomic E-state index is 11.5. The summed E-state index contributed by atoms with van der Waals surface area (Å²) in [5.74, 6) is -1.96. The highest BCUT2D eigenvalue weighted by atomic mass is 16.4. The minimum atomic E-state index is -1.11. The van der Waals surface area contributed by atoms with Gasteiger partial charge in [0.2, 0.25) is 0 Å². The Hall–Kier alpha value is -1.99. The van der Waals surface area contributed by atoms with Crippen molar-refractivity contribution in [2.24, 2.45) is 5.41 Å². The summed E-state index contributed by atoms with van der Waals surface area (Å²) in [4.78, 5) is 22.5. The third-order valence-corrected chi connectivity index (χ3v) is 1.94. The fraction of sp³-hybridized carbons (Fsp3) is 0.625. The van der Waals surface area contributed by atoms with Gasteiger partial charge in [0.25, 0.3) is 11.7 Å². The van der Waals surface area contributed by atoms with Gasteiger partial charge in [-0.15, -0.1) is 10.2 Å². The van der Waals surface area contributed by atoms with Gasteiger partial charge in [-0.2, -0.15) is 5.21 Å². The van der Waals surface area contributed by atoms with Crippen molar-refractivity contribution in [2.45, 2.75) is 26.8 Å². The summed E-state index contributed by atoms with van der Waals surface area (Å²) in [6, 6.07) is -1.02. The SMILES string of the molecule is CC(C)(C)[C@@H](NC(=O)c1nn[nH]n1)C(=O)O. The quantitative estimate of drug-likeness (QED) is 0.635. The van der Waals surface area contributed by atoms with E-state index >= 15 is 0 Å². The fourth-order valence-corrected chi connectivity index (χ4v) is 1.10. The van der Waals surface area contributed by atoms with Crippen LogP contribution in [0.25, 0.3) is 0 Å². The molecule has 1 atom stereocenters. The summed E-state index contributed by atoms with van der Waals surface area (Å²) >= 11 is 0. The summed E-state index contributed by atoms with van der Waals surface area (Å²) in [5.41, 5.74) is -0.606. The number of aromatic amines is 1. The van der Waals surface area contributed by atoms with Crippen LogP contribution in [0.3, 0.4) is 0 Å². The molecule has 0 aromatic carbocycles. The van der Waals surface area contributed by atoms with Gasteiger partial charge < -0.3 is 10.4 Å². The Morgan fingerprint density at radius 1 is 1.44 bits per heavy atom. The number of aliphatic carboxylic acids is 1. The van der Waals surface area contributed by atoms with Crippen LogP contribution in [0.2, 0.25) is 0 Å². The molecule has 0 saturated carbocycles. The molecule has 0 unspecified atom stereocenters. The van der Waals surface area contributed by atoms with Crippen LogP contribution in [0, 0.1) is 5.41 Å². The van der Waals surface area contributed by atoms with Crippen LogP contribution in [0.4, 0.5) is 0 Å². The van der Waals surface area contributed by atoms with E-state index in [9.17, 15) is 9.59 Å². The van der Waals surface area contributed by atoms with E-state index in [2.05, 4.69) is 25.9 Å². The molecule has 1 aromatic heterocycles. The number of carboxylic acid groups (broad SMARTS) is 1. The average molecular weight is 227 g/mol. The molecular formula is C8H13N5O3. The summed E-state index contributed by atoms with van der Waals surface area (Å²) in [5, 5.41) is 23.6. The highest BCUT2D eigenvalue weighted by Gasteiger charge is 2.33. The monoisotopic (exact) mass is 227 g/mol. The first-order valence-electron chi connectivity index (χ1n) is 4.59. The number of hydrogen-bond donors (Lipinski definition) is 3. The number of carbonyl (C=O) groups excluding carboxylic acids is 1. The van der Waals surface area contributed by atoms with Crippen molar-refractivity contribution in [3.05, 3.63) is 5.82 Å². The van der Waals surface area contributed by atoms with Crippen LogP contribution in [0.5, 0.6) is 0 Å². The lowest BCUT2D eigenvalue weighted by atomic mass is 9.87. The molecule has 0 saturated heterocycles. The largest absolute Gasteiger partial charge is 0.480 e. The van der Waals surface area contributed by atoms with Crippen molar-refractivity contribution in [2.75, 3.05) is 0 Å². The molecule has 1 rings (SSSR count). The second-order valence-corrected chi connectivity index (χ2v) is 4.35. The molecule has 1 aromatic rings. The lowest BCUT2D eigenvalue weighted by Crippen LogP contribution is -2.49. The number of carboxylic acids is 1. The number of rotatable bonds is 3. The second kappa shape index (κ2) is 4.25. The zero-order chi connectivity index (χ0) is 12.3. The van der Waals surface area contributed by atoms with Gasteiger partial charge >= 0.3 is 5.97 Å². The molecule has 0 spiro atoms. The highest BCUT2D eigenvalue weighted by molar-refractivity contribution is 5.93. The topological polar surface area (TPSA) is 121 Å². The molecule has 0 aliphatic rings. The summed E-state index contributed by atoms with van der Waals surface area (Å²) in [7, 11) is 0. The van der Waals surface area contributed by atoms with E-state index in [0.717, 1.165) is 0 Å². The lowest BCUT2D eigenvalue weighted by molar-refractivity contribution is -0.142. The van der Waals surface area contributed by atoms with E-state index < -0.39 is 23.3 Å². The van der Waals surface area contributed by atoms with Crippen molar-refractivity contribution >= 4 is 11.9 Å². The van der Waals surface area contributed by atoms with Crippen LogP contribution < -0.4 is 5.32 Å². The predicted octanol–water partition coefficient (Wildman–Crippen LogP) is -0.571. The van der Waals surface area contributed by atoms with Gasteiger partial charge in [0.15, 0.2) is 0 Å². The van der Waals surface area contributed by atoms with Crippen molar-refractivity contribution in [3.8, 4) is 0 Å². The number of H-pyrrole nitrogens is 1. The number of nitrogens with zero attached hydrogens (tertiary/aromatic N) is 3. The van der Waals surface area contributed by atoms with Gasteiger partial charge in [-0.3, -0.25) is 4.79 Å². The summed E-state index contributed by atoms with van der Waals surface area (Å²) < 4.78 is 0. The van der Waals surface area contributed by atoms with Crippen molar-refractivity contribution in [1.82, 2.24) is 25.9 Å². The van der Waals surface area contributed by atoms with E-state index in [1.54, 1.807) is 20.8 Å². The van der Waals surface area contributed by atoms with Crippen molar-refractivity contribution in [1.29, 1.82) is 0 Å². The minimum Gasteiger partial charge on any atom is -0.480 e. The molecule has 88 valence electrons. The number of carbonyl (C=O) groups is 2. The zero-order valence-corrected chi connectivity index (χ0v) is 9.18. The molecule has 1 heterocycles. The normalized spacial score (nSPS) is 13.2. The van der Waals surface area contributed by atoms with Gasteiger partial charge in [-0.25, -0.2) is 4.79 Å². The van der Waals surface area contributed by atoms with Crippen LogP contribution >= 0.6 is 0 Å². The molecule has 0 aliphatic carbocycles. The average Bonchev–Trinajstić information content (AvgIpc) is 2.63. The molecule has 0 aliphatic heterocycles. The third kappa shape index (κ3) is 2.75. The fourth-order valence-electron chi connectivity index (χ4n) is 1.10. The minimum absolute atomic E-state index is 0.185. The van der Waals surface area contributed by atoms with Gasteiger partial charge in [-0.05, 0) is 10.6 Å². The molecule has 8 nitrogen and oxygen atoms in total. The van der Waals surface area contributed by atoms with E-state index in [-0.39, 0.29) is 5.82 Å². The smallest absolute Gasteiger partial charge is 0.326 e. The highest BCUT2D eigenvalue weighted by Crippen LogP contribution is 2.19. The van der Waals surface area contributed by atoms with Crippen molar-refractivity contribution in [3.63, 3.8) is 0 Å². The van der Waals surface area contributed by atoms with Crippen LogP contribution in [-0.4, -0.2) is 43.6 Å². The predicted molar refractivity (Wildman–Crippen MR) is 52.5 cm³/mol. The van der Waals surface area contributed by atoms with E-state index in [4.69, 9.17) is 5.11 Å². The Balaban J connectivity index is 2.78. The Morgan fingerprint density at radius 2 is 2.06 bits per heavy atom. The van der Waals surface area contributed by atoms with Gasteiger partial charge in [0, 0.05) is 0 Å². The van der Waals surface area contributed by atoms with E-state index in [0.29, 0.717) is 0 Å². The van der Waals surface area contributed by atoms with Gasteiger partial charge in [0.1, 0.15) is 6.04 Å². The van der Waals surface area contributed by atoms with Crippen LogP contribution in [0.15, 0.2) is 0 Å². The van der Waals surface area contributed by atoms with E-state index in [1.165, 1.54) is 0 Å². The molecule has 0 fully saturated rings. The first kappa shape index (κ1) is 12.1. The standard InChI is InChI=1S/C8H13N5O3/c1-8(2,3)4(7(15)16)9-6(14)5-10-12-13-11-5/h4H,1-3H3,(H,9,14)(H,15,16)(H,10,11,12,13)/t4-/m0/s1. The Labute approximate surface area is 91.4 Å². The molecule has 0 bridgehead atoms. The first-order valence-corrected chi connectivity index (χ1v) is 4.59. The maximum atomic E-state index is 11.5. The summed E-state index contributed by atoms with van der Waals surface area (Å²) in [6.45, 7) is 5.13. The molecule has 8 heteroatoms. The second-order valence-electron chi connectivity index (χ2n) is 4.35. The molecule has 16 heavy (non-hydrogen) atoms. The molecular weight excluding hydrogens is 214 g/mol. The van der Waals surface area contributed by atoms with Gasteiger partial charge in [-0.1, -0.05) is 20.8 Å². The number of aromatic nitrogens is 4. The van der Waals surface area contributed by atoms with Gasteiger partial charge in [0.05, 0.1) is 0 Å². The summed E-state index contributed by atoms with van der Waals surface area (Å²) in [6.07, 6.45) is 0. The zero-order valence-electron chi connectivity index (χ0n) is 9.18. The lowest BCUT2D eigenvalue weighted by Gasteiger charge is -2.27. The molecule has 0 radical (unpaired) electrons. The molecule has 1 amide bonds. The molecule has 3 N–H and O–H groups in total. The Bertz CT molecular complexity index is 381. The Morgan fingerprint density at radius 3 is 2.44 bits per heavy atom. The first-order chi connectivity index (χ1) is 7.32. The van der Waals surface area contributed by atoms with Crippen LogP contribution in [-0.2, 0) is 4.79 Å². The third-order valence-electron chi connectivity index (χ3n) is 1.94. The number of hydrogen-bond acceptors (Lipinski definition) is 5. The van der Waals surface area contributed by atoms with Crippen LogP contribution in [0.1, 0.15) is 31.4 Å². The van der Waals surface area contributed by atoms with Crippen molar-refractivity contribution < 1.29 is 14.7 Å². The maximum Gasteiger partial charge on any atom is 0.326 e. The number of nitrogens with one attached hydrogen (secondary N) is 2. The number of amides is 1. The number of tetrazole rings is 1. The van der Waals surface area contributed by atoms with E-state index in [1.807, 2.05) is 0 Å².